The van der Waals surface area contributed by atoms with E-state index in [4.69, 9.17) is 4.74 Å². The van der Waals surface area contributed by atoms with E-state index in [-0.39, 0.29) is 61.7 Å². The van der Waals surface area contributed by atoms with Gasteiger partial charge < -0.3 is 35.4 Å². The number of hydrogen-bond donors (Lipinski definition) is 3. The monoisotopic (exact) mass is 898 g/mol. The van der Waals surface area contributed by atoms with Gasteiger partial charge in [-0.2, -0.15) is 5.26 Å². The Kier molecular flexibility index (Phi) is 22.6. The Balaban J connectivity index is 2.22. The van der Waals surface area contributed by atoms with Crippen LogP contribution in [0.4, 0.5) is 0 Å². The lowest BCUT2D eigenvalue weighted by atomic mass is 9.84. The Hall–Kier alpha value is -4.22. The third kappa shape index (κ3) is 16.3. The zero-order valence-electron chi connectivity index (χ0n) is 40.9. The summed E-state index contributed by atoms with van der Waals surface area (Å²) in [5.41, 5.74) is 0. The van der Waals surface area contributed by atoms with Gasteiger partial charge in [-0.15, -0.1) is 0 Å². The number of esters is 1. The molecule has 0 unspecified atom stereocenters. The lowest BCUT2D eigenvalue weighted by Gasteiger charge is -2.37. The smallest absolute Gasteiger partial charge is 0.329 e. The highest BCUT2D eigenvalue weighted by atomic mass is 16.5. The fourth-order valence-corrected chi connectivity index (χ4v) is 9.73. The Morgan fingerprint density at radius 3 is 1.69 bits per heavy atom. The number of nitriles is 1. The molecule has 3 rings (SSSR count). The second-order valence-electron chi connectivity index (χ2n) is 20.2. The number of hydrogen-bond acceptors (Lipinski definition) is 9. The molecule has 3 fully saturated rings. The van der Waals surface area contributed by atoms with E-state index >= 15 is 0 Å². The molecular formula is C49H83N7O8. The highest BCUT2D eigenvalue weighted by Crippen LogP contribution is 2.31. The van der Waals surface area contributed by atoms with E-state index in [1.165, 1.54) is 35.7 Å². The largest absolute Gasteiger partial charge is 0.451 e. The van der Waals surface area contributed by atoms with Crippen molar-refractivity contribution in [3.63, 3.8) is 0 Å². The number of carbonyl (C=O) groups excluding carboxylic acids is 7. The van der Waals surface area contributed by atoms with E-state index in [0.717, 1.165) is 77.0 Å². The molecule has 1 heterocycles. The maximum absolute atomic E-state index is 14.8. The first-order valence-corrected chi connectivity index (χ1v) is 24.6. The fourth-order valence-electron chi connectivity index (χ4n) is 9.73. The number of nitrogens with zero attached hydrogens (tertiary/aromatic N) is 4. The molecule has 0 spiro atoms. The minimum Gasteiger partial charge on any atom is -0.451 e. The van der Waals surface area contributed by atoms with Crippen molar-refractivity contribution in [2.75, 3.05) is 21.1 Å². The summed E-state index contributed by atoms with van der Waals surface area (Å²) >= 11 is 0. The number of rotatable bonds is 15. The van der Waals surface area contributed by atoms with E-state index in [0.29, 0.717) is 12.8 Å². The van der Waals surface area contributed by atoms with Crippen molar-refractivity contribution in [1.82, 2.24) is 30.7 Å². The van der Waals surface area contributed by atoms with Crippen LogP contribution >= 0.6 is 0 Å². The average molecular weight is 898 g/mol. The van der Waals surface area contributed by atoms with Gasteiger partial charge in [0.05, 0.1) is 6.07 Å². The Morgan fingerprint density at radius 2 is 1.12 bits per heavy atom. The Labute approximate surface area is 384 Å². The van der Waals surface area contributed by atoms with Gasteiger partial charge in [0.1, 0.15) is 36.3 Å². The molecule has 15 heteroatoms. The van der Waals surface area contributed by atoms with Crippen LogP contribution in [0.2, 0.25) is 0 Å². The van der Waals surface area contributed by atoms with Crippen LogP contribution < -0.4 is 16.0 Å². The maximum Gasteiger partial charge on any atom is 0.329 e. The molecule has 0 aromatic carbocycles. The molecule has 2 aliphatic carbocycles. The molecule has 0 radical (unpaired) electrons. The van der Waals surface area contributed by atoms with Crippen molar-refractivity contribution < 1.29 is 38.3 Å². The van der Waals surface area contributed by atoms with Crippen LogP contribution in [-0.2, 0) is 38.3 Å². The van der Waals surface area contributed by atoms with E-state index in [9.17, 15) is 38.8 Å². The number of ether oxygens (including phenoxy) is 1. The summed E-state index contributed by atoms with van der Waals surface area (Å²) in [5, 5.41) is 18.4. The van der Waals surface area contributed by atoms with Crippen LogP contribution in [-0.4, -0.2) is 120 Å². The molecule has 15 nitrogen and oxygen atoms in total. The molecule has 8 atom stereocenters. The molecule has 64 heavy (non-hydrogen) atoms. The van der Waals surface area contributed by atoms with Crippen LogP contribution in [0.1, 0.15) is 170 Å². The van der Waals surface area contributed by atoms with Crippen molar-refractivity contribution in [1.29, 1.82) is 5.26 Å². The minimum atomic E-state index is -1.45. The van der Waals surface area contributed by atoms with Crippen LogP contribution in [0, 0.1) is 40.9 Å². The van der Waals surface area contributed by atoms with Crippen LogP contribution in [0.15, 0.2) is 0 Å². The van der Waals surface area contributed by atoms with Gasteiger partial charge in [0.2, 0.25) is 29.5 Å². The molecule has 3 N–H and O–H groups in total. The minimum absolute atomic E-state index is 0.0250. The number of likely N-dealkylation sites (N-methyl/N-ethyl adjacent to an activating group) is 3. The van der Waals surface area contributed by atoms with Gasteiger partial charge in [-0.05, 0) is 68.6 Å². The molecule has 3 aliphatic rings. The number of amides is 6. The van der Waals surface area contributed by atoms with Crippen molar-refractivity contribution in [3.8, 4) is 6.07 Å². The number of nitrogens with one attached hydrogen (secondary N) is 3. The standard InChI is InChI=1S/C49H83N7O8/c1-11-12-19-33(6)28-38-46(60)54(8)34(7)49(63)64-42(24-18-25-50)45(59)53-39(29-35-22-16-17-23-35)48(62)55(9)40(27-32(4)5)43(57)51-37(26-31(2)3)47(61)56(10)41(44(58)52-38)30-36-20-14-13-15-21-36/h31-42H,11-24,26-30H2,1-10H3,(H,51,57)(H,52,58)(H,53,59)/t33-,34+,37+,38+,39+,40+,41+,42-/m1/s1. The van der Waals surface area contributed by atoms with Crippen molar-refractivity contribution in [2.45, 2.75) is 213 Å². The molecular weight excluding hydrogens is 815 g/mol. The molecule has 0 bridgehead atoms. The molecule has 0 aromatic heterocycles. The van der Waals surface area contributed by atoms with Crippen molar-refractivity contribution in [2.24, 2.45) is 29.6 Å². The molecule has 2 saturated carbocycles. The van der Waals surface area contributed by atoms with Gasteiger partial charge in [-0.25, -0.2) is 4.79 Å². The van der Waals surface area contributed by atoms with Crippen molar-refractivity contribution >= 4 is 41.4 Å². The van der Waals surface area contributed by atoms with Crippen LogP contribution in [0.25, 0.3) is 0 Å². The summed E-state index contributed by atoms with van der Waals surface area (Å²) in [7, 11) is 4.59. The van der Waals surface area contributed by atoms with E-state index in [2.05, 4.69) is 22.9 Å². The van der Waals surface area contributed by atoms with Crippen LogP contribution in [0.5, 0.6) is 0 Å². The number of unbranched alkanes of at least 4 members (excludes halogenated alkanes) is 1. The highest BCUT2D eigenvalue weighted by molar-refractivity contribution is 5.97. The summed E-state index contributed by atoms with van der Waals surface area (Å²) in [4.78, 5) is 105. The molecule has 6 amide bonds. The molecule has 0 aromatic rings. The van der Waals surface area contributed by atoms with Gasteiger partial charge in [0.25, 0.3) is 5.91 Å². The summed E-state index contributed by atoms with van der Waals surface area (Å²) in [6, 6.07) is -4.31. The topological polar surface area (TPSA) is 198 Å². The lowest BCUT2D eigenvalue weighted by Crippen LogP contribution is -2.60. The molecule has 1 saturated heterocycles. The van der Waals surface area contributed by atoms with Gasteiger partial charge in [-0.3, -0.25) is 28.8 Å². The highest BCUT2D eigenvalue weighted by Gasteiger charge is 2.41. The Bertz CT molecular complexity index is 1600. The first-order chi connectivity index (χ1) is 30.3. The first kappa shape index (κ1) is 54.1. The van der Waals surface area contributed by atoms with Gasteiger partial charge >= 0.3 is 5.97 Å². The van der Waals surface area contributed by atoms with Gasteiger partial charge in [0, 0.05) is 34.0 Å². The van der Waals surface area contributed by atoms with Gasteiger partial charge in [-0.1, -0.05) is 119 Å². The van der Waals surface area contributed by atoms with Crippen molar-refractivity contribution in [3.05, 3.63) is 0 Å². The summed E-state index contributed by atoms with van der Waals surface area (Å²) in [6.07, 6.45) is 11.1. The maximum atomic E-state index is 14.8. The second kappa shape index (κ2) is 26.7. The number of cyclic esters (lactones) is 1. The Morgan fingerprint density at radius 1 is 0.641 bits per heavy atom. The van der Waals surface area contributed by atoms with Gasteiger partial charge in [0.15, 0.2) is 6.10 Å². The third-order valence-electron chi connectivity index (χ3n) is 13.8. The second-order valence-corrected chi connectivity index (χ2v) is 20.2. The first-order valence-electron chi connectivity index (χ1n) is 24.6. The predicted molar refractivity (Wildman–Crippen MR) is 246 cm³/mol. The van der Waals surface area contributed by atoms with E-state index < -0.39 is 83.8 Å². The van der Waals surface area contributed by atoms with E-state index in [1.807, 2.05) is 40.7 Å². The summed E-state index contributed by atoms with van der Waals surface area (Å²) in [5.74, 6) is -3.86. The zero-order chi connectivity index (χ0) is 47.7. The molecule has 362 valence electrons. The normalized spacial score (nSPS) is 27.8. The van der Waals surface area contributed by atoms with Crippen LogP contribution in [0.3, 0.4) is 0 Å². The van der Waals surface area contributed by atoms with E-state index in [1.54, 1.807) is 7.05 Å². The predicted octanol–water partition coefficient (Wildman–Crippen LogP) is 6.03. The average Bonchev–Trinajstić information content (AvgIpc) is 3.78. The molecule has 1 aliphatic heterocycles. The zero-order valence-corrected chi connectivity index (χ0v) is 40.9. The summed E-state index contributed by atoms with van der Waals surface area (Å²) < 4.78 is 5.81. The SMILES string of the molecule is CCCC[C@@H](C)C[C@@H]1NC(=O)[C@H](CC2CCCCC2)N(C)C(=O)[C@H](CC(C)C)NC(=O)[C@H](CC(C)C)N(C)C(=O)[C@H](CC2CCCC2)NC(=O)[C@@H](CCC#N)OC(=O)[C@H](C)N(C)C1=O. The fraction of sp³-hybridized carbons (Fsp3) is 0.837. The summed E-state index contributed by atoms with van der Waals surface area (Å²) in [6.45, 7) is 13.4. The quantitative estimate of drug-likeness (QED) is 0.164. The third-order valence-corrected chi connectivity index (χ3v) is 13.8. The lowest BCUT2D eigenvalue weighted by molar-refractivity contribution is -0.163. The number of carbonyl (C=O) groups is 7.